The van der Waals surface area contributed by atoms with Gasteiger partial charge in [-0.2, -0.15) is 13.2 Å². The summed E-state index contributed by atoms with van der Waals surface area (Å²) < 4.78 is 47.2. The van der Waals surface area contributed by atoms with Gasteiger partial charge in [-0.25, -0.2) is 4.98 Å². The van der Waals surface area contributed by atoms with Crippen LogP contribution < -0.4 is 4.74 Å². The third-order valence-corrected chi connectivity index (χ3v) is 4.36. The molecule has 1 saturated carbocycles. The van der Waals surface area contributed by atoms with Crippen LogP contribution in [0.25, 0.3) is 11.0 Å². The predicted molar refractivity (Wildman–Crippen MR) is 82.9 cm³/mol. The Morgan fingerprint density at radius 2 is 2.13 bits per heavy atom. The zero-order valence-corrected chi connectivity index (χ0v) is 14.0. The summed E-state index contributed by atoms with van der Waals surface area (Å²) in [4.78, 5) is 4.10. The van der Waals surface area contributed by atoms with Crippen molar-refractivity contribution in [2.24, 2.45) is 0 Å². The summed E-state index contributed by atoms with van der Waals surface area (Å²) in [6.07, 6.45) is -2.26. The van der Waals surface area contributed by atoms with Crippen molar-refractivity contribution in [1.29, 1.82) is 0 Å². The third-order valence-electron chi connectivity index (χ3n) is 4.04. The molecule has 1 N–H and O–H groups in total. The van der Waals surface area contributed by atoms with E-state index in [0.717, 1.165) is 6.07 Å². The molecular weight excluding hydrogens is 377 g/mol. The van der Waals surface area contributed by atoms with Gasteiger partial charge in [-0.15, -0.1) is 0 Å². The summed E-state index contributed by atoms with van der Waals surface area (Å²) >= 11 is 3.17. The van der Waals surface area contributed by atoms with Crippen molar-refractivity contribution in [1.82, 2.24) is 9.55 Å². The number of benzene rings is 1. The van der Waals surface area contributed by atoms with Gasteiger partial charge in [0.2, 0.25) is 0 Å². The Kier molecular flexibility index (Phi) is 4.08. The first-order valence-corrected chi connectivity index (χ1v) is 8.32. The SMILES string of the molecule is CC1(O)CC(n2cnc3cc(OCCBr)cc(C(F)(F)F)c32)C1. The van der Waals surface area contributed by atoms with Crippen molar-refractivity contribution < 1.29 is 23.0 Å². The Hall–Kier alpha value is -1.28. The highest BCUT2D eigenvalue weighted by Gasteiger charge is 2.42. The van der Waals surface area contributed by atoms with Gasteiger partial charge in [0, 0.05) is 17.4 Å². The van der Waals surface area contributed by atoms with Crippen molar-refractivity contribution in [3.8, 4) is 5.75 Å². The molecule has 4 nitrogen and oxygen atoms in total. The van der Waals surface area contributed by atoms with E-state index in [-0.39, 0.29) is 29.4 Å². The quantitative estimate of drug-likeness (QED) is 0.802. The number of imidazole rings is 1. The molecule has 3 rings (SSSR count). The number of nitrogens with zero attached hydrogens (tertiary/aromatic N) is 2. The molecule has 2 aromatic rings. The molecule has 0 bridgehead atoms. The molecule has 1 fully saturated rings. The number of ether oxygens (including phenoxy) is 1. The smallest absolute Gasteiger partial charge is 0.418 e. The van der Waals surface area contributed by atoms with E-state index in [0.29, 0.717) is 18.2 Å². The van der Waals surface area contributed by atoms with Gasteiger partial charge in [-0.1, -0.05) is 15.9 Å². The lowest BCUT2D eigenvalue weighted by Crippen LogP contribution is -2.41. The van der Waals surface area contributed by atoms with Crippen LogP contribution >= 0.6 is 15.9 Å². The molecule has 1 aromatic carbocycles. The van der Waals surface area contributed by atoms with Crippen molar-refractivity contribution >= 4 is 27.0 Å². The molecule has 0 spiro atoms. The molecule has 0 unspecified atom stereocenters. The normalized spacial score (nSPS) is 24.7. The van der Waals surface area contributed by atoms with E-state index in [4.69, 9.17) is 4.74 Å². The number of hydrogen-bond donors (Lipinski definition) is 1. The zero-order chi connectivity index (χ0) is 16.8. The van der Waals surface area contributed by atoms with Crippen LogP contribution in [-0.2, 0) is 6.18 Å². The van der Waals surface area contributed by atoms with E-state index in [1.165, 1.54) is 17.0 Å². The van der Waals surface area contributed by atoms with Gasteiger partial charge in [0.1, 0.15) is 5.75 Å². The Labute approximate surface area is 139 Å². The highest BCUT2D eigenvalue weighted by molar-refractivity contribution is 9.09. The van der Waals surface area contributed by atoms with E-state index in [2.05, 4.69) is 20.9 Å². The molecule has 8 heteroatoms. The van der Waals surface area contributed by atoms with Crippen LogP contribution in [0.3, 0.4) is 0 Å². The number of hydrogen-bond acceptors (Lipinski definition) is 3. The molecule has 0 atom stereocenters. The van der Waals surface area contributed by atoms with Crippen molar-refractivity contribution in [2.75, 3.05) is 11.9 Å². The summed E-state index contributed by atoms with van der Waals surface area (Å²) in [5, 5.41) is 10.4. The second-order valence-corrected chi connectivity index (χ2v) is 6.88. The maximum absolute atomic E-state index is 13.5. The van der Waals surface area contributed by atoms with E-state index in [1.807, 2.05) is 0 Å². The van der Waals surface area contributed by atoms with Gasteiger partial charge in [-0.05, 0) is 25.8 Å². The molecular formula is C15H16BrF3N2O2. The van der Waals surface area contributed by atoms with Crippen LogP contribution in [0.5, 0.6) is 5.75 Å². The van der Waals surface area contributed by atoms with Gasteiger partial charge in [0.05, 0.1) is 35.1 Å². The lowest BCUT2D eigenvalue weighted by molar-refractivity contribution is -0.136. The molecule has 1 heterocycles. The zero-order valence-electron chi connectivity index (χ0n) is 12.4. The first kappa shape index (κ1) is 16.6. The van der Waals surface area contributed by atoms with E-state index < -0.39 is 17.3 Å². The first-order chi connectivity index (χ1) is 10.7. The maximum Gasteiger partial charge on any atom is 0.418 e. The minimum absolute atomic E-state index is 0.0455. The van der Waals surface area contributed by atoms with Crippen molar-refractivity contribution in [3.05, 3.63) is 24.0 Å². The fraction of sp³-hybridized carbons (Fsp3) is 0.533. The number of fused-ring (bicyclic) bond motifs is 1. The van der Waals surface area contributed by atoms with Crippen LogP contribution in [0.2, 0.25) is 0 Å². The molecule has 0 amide bonds. The van der Waals surface area contributed by atoms with Crippen molar-refractivity contribution in [3.63, 3.8) is 0 Å². The summed E-state index contributed by atoms with van der Waals surface area (Å²) in [6.45, 7) is 1.95. The first-order valence-electron chi connectivity index (χ1n) is 7.20. The summed E-state index contributed by atoms with van der Waals surface area (Å²) in [7, 11) is 0. The fourth-order valence-electron chi connectivity index (χ4n) is 3.03. The van der Waals surface area contributed by atoms with E-state index >= 15 is 0 Å². The fourth-order valence-corrected chi connectivity index (χ4v) is 3.19. The lowest BCUT2D eigenvalue weighted by Gasteiger charge is -2.41. The standard InChI is InChI=1S/C15H16BrF3N2O2/c1-14(22)6-9(7-14)21-8-20-12-5-10(23-3-2-16)4-11(13(12)21)15(17,18)19/h4-5,8-9,22H,2-3,6-7H2,1H3. The minimum atomic E-state index is -4.50. The van der Waals surface area contributed by atoms with Crippen LogP contribution in [0.4, 0.5) is 13.2 Å². The van der Waals surface area contributed by atoms with E-state index in [1.54, 1.807) is 6.92 Å². The second-order valence-electron chi connectivity index (χ2n) is 6.08. The highest BCUT2D eigenvalue weighted by Crippen LogP contribution is 2.45. The molecule has 0 radical (unpaired) electrons. The van der Waals surface area contributed by atoms with Crippen LogP contribution in [-0.4, -0.2) is 32.2 Å². The van der Waals surface area contributed by atoms with Gasteiger partial charge < -0.3 is 14.4 Å². The average Bonchev–Trinajstić information content (AvgIpc) is 2.83. The number of aliphatic hydroxyl groups is 1. The average molecular weight is 393 g/mol. The number of alkyl halides is 4. The van der Waals surface area contributed by atoms with Crippen LogP contribution in [0.15, 0.2) is 18.5 Å². The predicted octanol–water partition coefficient (Wildman–Crippen LogP) is 3.91. The monoisotopic (exact) mass is 392 g/mol. The third kappa shape index (κ3) is 3.19. The number of halogens is 4. The highest BCUT2D eigenvalue weighted by atomic mass is 79.9. The molecule has 1 aliphatic rings. The summed E-state index contributed by atoms with van der Waals surface area (Å²) in [5.41, 5.74) is -1.29. The topological polar surface area (TPSA) is 47.3 Å². The Morgan fingerprint density at radius 1 is 1.43 bits per heavy atom. The molecule has 0 saturated heterocycles. The molecule has 23 heavy (non-hydrogen) atoms. The molecule has 0 aliphatic heterocycles. The molecule has 1 aromatic heterocycles. The Morgan fingerprint density at radius 3 is 2.70 bits per heavy atom. The van der Waals surface area contributed by atoms with Crippen molar-refractivity contribution in [2.45, 2.75) is 37.6 Å². The Balaban J connectivity index is 2.07. The number of rotatable bonds is 4. The summed E-state index contributed by atoms with van der Waals surface area (Å²) in [6, 6.07) is 2.35. The molecule has 1 aliphatic carbocycles. The van der Waals surface area contributed by atoms with E-state index in [9.17, 15) is 18.3 Å². The minimum Gasteiger partial charge on any atom is -0.493 e. The summed E-state index contributed by atoms with van der Waals surface area (Å²) in [5.74, 6) is 0.148. The van der Waals surface area contributed by atoms with Gasteiger partial charge in [0.25, 0.3) is 0 Å². The van der Waals surface area contributed by atoms with Gasteiger partial charge in [0.15, 0.2) is 0 Å². The van der Waals surface area contributed by atoms with Gasteiger partial charge >= 0.3 is 6.18 Å². The van der Waals surface area contributed by atoms with Gasteiger partial charge in [-0.3, -0.25) is 0 Å². The second kappa shape index (κ2) is 5.66. The Bertz CT molecular complexity index is 719. The maximum atomic E-state index is 13.5. The van der Waals surface area contributed by atoms with Crippen LogP contribution in [0, 0.1) is 0 Å². The lowest BCUT2D eigenvalue weighted by atomic mass is 9.77. The number of aromatic nitrogens is 2. The molecule has 126 valence electrons. The largest absolute Gasteiger partial charge is 0.493 e. The van der Waals surface area contributed by atoms with Crippen LogP contribution in [0.1, 0.15) is 31.4 Å².